The van der Waals surface area contributed by atoms with E-state index in [0.29, 0.717) is 5.92 Å². The molecule has 1 heterocycles. The highest BCUT2D eigenvalue weighted by atomic mass is 16.1. The third-order valence-electron chi connectivity index (χ3n) is 3.68. The van der Waals surface area contributed by atoms with E-state index in [1.165, 1.54) is 5.56 Å². The molecule has 0 spiro atoms. The number of benzene rings is 1. The number of amides is 1. The smallest absolute Gasteiger partial charge is 0.253 e. The molecule has 1 aromatic carbocycles. The van der Waals surface area contributed by atoms with Crippen LogP contribution in [0.2, 0.25) is 0 Å². The van der Waals surface area contributed by atoms with Crippen LogP contribution < -0.4 is 10.6 Å². The van der Waals surface area contributed by atoms with Gasteiger partial charge in [-0.3, -0.25) is 4.79 Å². The maximum atomic E-state index is 12.3. The number of hydrogen-bond acceptors (Lipinski definition) is 2. The van der Waals surface area contributed by atoms with Gasteiger partial charge in [0.15, 0.2) is 0 Å². The van der Waals surface area contributed by atoms with Gasteiger partial charge in [-0.15, -0.1) is 0 Å². The van der Waals surface area contributed by atoms with Gasteiger partial charge in [-0.25, -0.2) is 0 Å². The van der Waals surface area contributed by atoms with Crippen molar-refractivity contribution in [2.75, 3.05) is 11.9 Å². The van der Waals surface area contributed by atoms with Crippen molar-refractivity contribution >= 4 is 11.6 Å². The van der Waals surface area contributed by atoms with Crippen LogP contribution >= 0.6 is 0 Å². The fourth-order valence-electron chi connectivity index (χ4n) is 2.15. The molecule has 0 aliphatic carbocycles. The molecule has 0 saturated carbocycles. The van der Waals surface area contributed by atoms with Crippen LogP contribution in [-0.4, -0.2) is 18.5 Å². The fourth-order valence-corrected chi connectivity index (χ4v) is 2.15. The highest BCUT2D eigenvalue weighted by molar-refractivity contribution is 6.00. The average Bonchev–Trinajstić information content (AvgIpc) is 2.37. The molecule has 0 fully saturated rings. The summed E-state index contributed by atoms with van der Waals surface area (Å²) in [4.78, 5) is 12.3. The van der Waals surface area contributed by atoms with Crippen molar-refractivity contribution in [1.29, 1.82) is 0 Å². The molecule has 1 aliphatic rings. The molecule has 1 aromatic rings. The van der Waals surface area contributed by atoms with Gasteiger partial charge in [-0.1, -0.05) is 26.0 Å². The molecule has 0 bridgehead atoms. The molecule has 2 rings (SSSR count). The second-order valence-electron chi connectivity index (χ2n) is 5.38. The SMILES string of the molecule is CC(C)C(C)NC(=O)c1cccc2c1NCCC2. The highest BCUT2D eigenvalue weighted by Crippen LogP contribution is 2.26. The molecular formula is C15H22N2O. The number of hydrogen-bond donors (Lipinski definition) is 2. The Kier molecular flexibility index (Phi) is 3.90. The Bertz CT molecular complexity index is 440. The highest BCUT2D eigenvalue weighted by Gasteiger charge is 2.19. The van der Waals surface area contributed by atoms with E-state index < -0.39 is 0 Å². The van der Waals surface area contributed by atoms with Crippen molar-refractivity contribution in [3.05, 3.63) is 29.3 Å². The first kappa shape index (κ1) is 12.9. The summed E-state index contributed by atoms with van der Waals surface area (Å²) in [6.45, 7) is 7.23. The zero-order valence-electron chi connectivity index (χ0n) is 11.4. The summed E-state index contributed by atoms with van der Waals surface area (Å²) in [7, 11) is 0. The number of nitrogens with one attached hydrogen (secondary N) is 2. The quantitative estimate of drug-likeness (QED) is 0.861. The molecule has 0 radical (unpaired) electrons. The second kappa shape index (κ2) is 5.42. The van der Waals surface area contributed by atoms with E-state index in [1.807, 2.05) is 19.1 Å². The van der Waals surface area contributed by atoms with Crippen molar-refractivity contribution in [1.82, 2.24) is 5.32 Å². The normalized spacial score (nSPS) is 15.8. The molecule has 0 aromatic heterocycles. The predicted octanol–water partition coefficient (Wildman–Crippen LogP) is 2.82. The summed E-state index contributed by atoms with van der Waals surface area (Å²) in [6, 6.07) is 6.17. The maximum Gasteiger partial charge on any atom is 0.253 e. The Morgan fingerprint density at radius 1 is 1.33 bits per heavy atom. The van der Waals surface area contributed by atoms with Crippen molar-refractivity contribution in [3.63, 3.8) is 0 Å². The largest absolute Gasteiger partial charge is 0.384 e. The minimum absolute atomic E-state index is 0.0300. The lowest BCUT2D eigenvalue weighted by Gasteiger charge is -2.23. The van der Waals surface area contributed by atoms with Crippen LogP contribution in [-0.2, 0) is 6.42 Å². The van der Waals surface area contributed by atoms with Crippen LogP contribution in [0.25, 0.3) is 0 Å². The maximum absolute atomic E-state index is 12.3. The molecule has 1 atom stereocenters. The van der Waals surface area contributed by atoms with Crippen LogP contribution in [0.5, 0.6) is 0 Å². The Labute approximate surface area is 109 Å². The Morgan fingerprint density at radius 3 is 2.83 bits per heavy atom. The van der Waals surface area contributed by atoms with Crippen LogP contribution in [0, 0.1) is 5.92 Å². The summed E-state index contributed by atoms with van der Waals surface area (Å²) in [5.74, 6) is 0.476. The summed E-state index contributed by atoms with van der Waals surface area (Å²) < 4.78 is 0. The third-order valence-corrected chi connectivity index (χ3v) is 3.68. The standard InChI is InChI=1S/C15H22N2O/c1-10(2)11(3)17-15(18)13-8-4-6-12-7-5-9-16-14(12)13/h4,6,8,10-11,16H,5,7,9H2,1-3H3,(H,17,18). The van der Waals surface area contributed by atoms with E-state index in [9.17, 15) is 4.79 Å². The topological polar surface area (TPSA) is 41.1 Å². The van der Waals surface area contributed by atoms with Crippen LogP contribution in [0.15, 0.2) is 18.2 Å². The molecule has 1 amide bonds. The minimum atomic E-state index is 0.0300. The van der Waals surface area contributed by atoms with Gasteiger partial charge >= 0.3 is 0 Å². The molecule has 3 heteroatoms. The number of aryl methyl sites for hydroxylation is 1. The van der Waals surface area contributed by atoms with Gasteiger partial charge in [-0.2, -0.15) is 0 Å². The first-order valence-electron chi connectivity index (χ1n) is 6.76. The summed E-state index contributed by atoms with van der Waals surface area (Å²) in [5.41, 5.74) is 3.06. The second-order valence-corrected chi connectivity index (χ2v) is 5.38. The lowest BCUT2D eigenvalue weighted by molar-refractivity contribution is 0.0931. The van der Waals surface area contributed by atoms with Crippen LogP contribution in [0.4, 0.5) is 5.69 Å². The monoisotopic (exact) mass is 246 g/mol. The van der Waals surface area contributed by atoms with E-state index in [2.05, 4.69) is 30.5 Å². The van der Waals surface area contributed by atoms with E-state index in [1.54, 1.807) is 0 Å². The number of para-hydroxylation sites is 1. The number of carbonyl (C=O) groups is 1. The van der Waals surface area contributed by atoms with Gasteiger partial charge in [0.2, 0.25) is 0 Å². The molecule has 2 N–H and O–H groups in total. The van der Waals surface area contributed by atoms with Crippen LogP contribution in [0.3, 0.4) is 0 Å². The Hall–Kier alpha value is -1.51. The fraction of sp³-hybridized carbons (Fsp3) is 0.533. The molecule has 0 saturated heterocycles. The number of fused-ring (bicyclic) bond motifs is 1. The van der Waals surface area contributed by atoms with Gasteiger partial charge in [0.1, 0.15) is 0 Å². The Morgan fingerprint density at radius 2 is 2.11 bits per heavy atom. The zero-order valence-corrected chi connectivity index (χ0v) is 11.4. The molecule has 1 aliphatic heterocycles. The lowest BCUT2D eigenvalue weighted by atomic mass is 9.98. The summed E-state index contributed by atoms with van der Waals surface area (Å²) >= 11 is 0. The van der Waals surface area contributed by atoms with Crippen LogP contribution in [0.1, 0.15) is 43.1 Å². The third kappa shape index (κ3) is 2.66. The molecule has 98 valence electrons. The van der Waals surface area contributed by atoms with Gasteiger partial charge in [0, 0.05) is 12.6 Å². The van der Waals surface area contributed by atoms with Crippen molar-refractivity contribution in [3.8, 4) is 0 Å². The number of anilines is 1. The lowest BCUT2D eigenvalue weighted by Crippen LogP contribution is -2.36. The van der Waals surface area contributed by atoms with Crippen molar-refractivity contribution < 1.29 is 4.79 Å². The average molecular weight is 246 g/mol. The van der Waals surface area contributed by atoms with E-state index in [-0.39, 0.29) is 11.9 Å². The van der Waals surface area contributed by atoms with E-state index in [0.717, 1.165) is 30.6 Å². The van der Waals surface area contributed by atoms with Crippen molar-refractivity contribution in [2.45, 2.75) is 39.7 Å². The summed E-state index contributed by atoms with van der Waals surface area (Å²) in [6.07, 6.45) is 2.20. The van der Waals surface area contributed by atoms with E-state index in [4.69, 9.17) is 0 Å². The molecule has 18 heavy (non-hydrogen) atoms. The first-order chi connectivity index (χ1) is 8.59. The minimum Gasteiger partial charge on any atom is -0.384 e. The van der Waals surface area contributed by atoms with E-state index >= 15 is 0 Å². The van der Waals surface area contributed by atoms with Crippen molar-refractivity contribution in [2.24, 2.45) is 5.92 Å². The van der Waals surface area contributed by atoms with Gasteiger partial charge in [0.25, 0.3) is 5.91 Å². The zero-order chi connectivity index (χ0) is 13.1. The number of rotatable bonds is 3. The van der Waals surface area contributed by atoms with Gasteiger partial charge in [-0.05, 0) is 37.3 Å². The van der Waals surface area contributed by atoms with Gasteiger partial charge in [0.05, 0.1) is 11.3 Å². The molecule has 1 unspecified atom stereocenters. The molecule has 3 nitrogen and oxygen atoms in total. The Balaban J connectivity index is 2.20. The van der Waals surface area contributed by atoms with Gasteiger partial charge < -0.3 is 10.6 Å². The summed E-state index contributed by atoms with van der Waals surface area (Å²) in [5, 5.41) is 6.42. The number of carbonyl (C=O) groups excluding carboxylic acids is 1. The predicted molar refractivity (Wildman–Crippen MR) is 75.0 cm³/mol. The molecular weight excluding hydrogens is 224 g/mol. The first-order valence-corrected chi connectivity index (χ1v) is 6.76.